The van der Waals surface area contributed by atoms with Crippen LogP contribution in [0.3, 0.4) is 0 Å². The van der Waals surface area contributed by atoms with Crippen molar-refractivity contribution in [3.63, 3.8) is 0 Å². The third-order valence-corrected chi connectivity index (χ3v) is 5.49. The van der Waals surface area contributed by atoms with Crippen LogP contribution in [0.2, 0.25) is 0 Å². The van der Waals surface area contributed by atoms with Crippen molar-refractivity contribution in [3.8, 4) is 0 Å². The van der Waals surface area contributed by atoms with E-state index >= 15 is 0 Å². The van der Waals surface area contributed by atoms with E-state index in [4.69, 9.17) is 4.74 Å². The first-order chi connectivity index (χ1) is 9.78. The molecule has 0 bridgehead atoms. The van der Waals surface area contributed by atoms with Gasteiger partial charge in [0.2, 0.25) is 0 Å². The maximum atomic E-state index is 9.68. The van der Waals surface area contributed by atoms with Crippen LogP contribution in [-0.2, 0) is 4.74 Å². The van der Waals surface area contributed by atoms with Gasteiger partial charge in [0.15, 0.2) is 0 Å². The van der Waals surface area contributed by atoms with Crippen LogP contribution in [0, 0.1) is 17.3 Å². The molecule has 2 N–H and O–H groups in total. The van der Waals surface area contributed by atoms with E-state index in [9.17, 15) is 5.11 Å². The minimum absolute atomic E-state index is 0.0810. The van der Waals surface area contributed by atoms with Gasteiger partial charge in [-0.05, 0) is 44.1 Å². The fraction of sp³-hybridized carbons (Fsp3) is 1.00. The summed E-state index contributed by atoms with van der Waals surface area (Å²) in [6.45, 7) is 6.32. The summed E-state index contributed by atoms with van der Waals surface area (Å²) in [4.78, 5) is 0. The Kier molecular flexibility index (Phi) is 6.79. The van der Waals surface area contributed by atoms with Crippen molar-refractivity contribution in [2.75, 3.05) is 32.9 Å². The lowest BCUT2D eigenvalue weighted by Crippen LogP contribution is -2.43. The summed E-state index contributed by atoms with van der Waals surface area (Å²) in [7, 11) is 0. The molecule has 118 valence electrons. The predicted molar refractivity (Wildman–Crippen MR) is 82.8 cm³/mol. The van der Waals surface area contributed by atoms with E-state index in [2.05, 4.69) is 12.2 Å². The molecule has 0 spiro atoms. The second kappa shape index (κ2) is 8.35. The highest BCUT2D eigenvalue weighted by molar-refractivity contribution is 4.84. The van der Waals surface area contributed by atoms with E-state index < -0.39 is 0 Å². The summed E-state index contributed by atoms with van der Waals surface area (Å²) in [6.07, 6.45) is 10.4. The van der Waals surface area contributed by atoms with Gasteiger partial charge in [-0.25, -0.2) is 0 Å². The molecule has 3 heteroatoms. The molecule has 1 aliphatic carbocycles. The van der Waals surface area contributed by atoms with E-state index in [1.54, 1.807) is 0 Å². The lowest BCUT2D eigenvalue weighted by atomic mass is 9.79. The molecule has 0 amide bonds. The fourth-order valence-corrected chi connectivity index (χ4v) is 3.87. The van der Waals surface area contributed by atoms with Crippen LogP contribution in [0.5, 0.6) is 0 Å². The molecule has 0 unspecified atom stereocenters. The number of ether oxygens (including phenoxy) is 1. The number of hydrogen-bond donors (Lipinski definition) is 2. The van der Waals surface area contributed by atoms with Crippen molar-refractivity contribution >= 4 is 0 Å². The first-order valence-corrected chi connectivity index (χ1v) is 8.67. The Bertz CT molecular complexity index is 256. The molecule has 0 atom stereocenters. The van der Waals surface area contributed by atoms with E-state index in [0.717, 1.165) is 51.0 Å². The van der Waals surface area contributed by atoms with Crippen LogP contribution in [-0.4, -0.2) is 38.0 Å². The monoisotopic (exact) mass is 283 g/mol. The zero-order chi connectivity index (χ0) is 14.3. The quantitative estimate of drug-likeness (QED) is 0.755. The van der Waals surface area contributed by atoms with Crippen molar-refractivity contribution in [1.29, 1.82) is 0 Å². The predicted octanol–water partition coefficient (Wildman–Crippen LogP) is 2.97. The van der Waals surface area contributed by atoms with Gasteiger partial charge < -0.3 is 15.2 Å². The Labute approximate surface area is 124 Å². The van der Waals surface area contributed by atoms with Crippen molar-refractivity contribution < 1.29 is 9.84 Å². The molecule has 1 saturated heterocycles. The second-order valence-corrected chi connectivity index (χ2v) is 7.08. The SMILES string of the molecule is CCCC1CCC(CNCC2(CO)CCOCC2)CC1. The van der Waals surface area contributed by atoms with E-state index in [-0.39, 0.29) is 5.41 Å². The Balaban J connectivity index is 1.63. The summed E-state index contributed by atoms with van der Waals surface area (Å²) in [5.41, 5.74) is 0.0810. The maximum Gasteiger partial charge on any atom is 0.0501 e. The smallest absolute Gasteiger partial charge is 0.0501 e. The minimum atomic E-state index is 0.0810. The summed E-state index contributed by atoms with van der Waals surface area (Å²) in [5.74, 6) is 1.86. The minimum Gasteiger partial charge on any atom is -0.396 e. The molecule has 0 aromatic carbocycles. The summed E-state index contributed by atoms with van der Waals surface area (Å²) >= 11 is 0. The summed E-state index contributed by atoms with van der Waals surface area (Å²) in [6, 6.07) is 0. The van der Waals surface area contributed by atoms with Crippen LogP contribution < -0.4 is 5.32 Å². The standard InChI is InChI=1S/C17H33NO2/c1-2-3-15-4-6-16(7-5-15)12-18-13-17(14-19)8-10-20-11-9-17/h15-16,18-19H,2-14H2,1H3. The van der Waals surface area contributed by atoms with Crippen molar-refractivity contribution in [1.82, 2.24) is 5.32 Å². The van der Waals surface area contributed by atoms with Crippen molar-refractivity contribution in [2.45, 2.75) is 58.3 Å². The van der Waals surface area contributed by atoms with Crippen molar-refractivity contribution in [2.24, 2.45) is 17.3 Å². The Morgan fingerprint density at radius 2 is 1.75 bits per heavy atom. The van der Waals surface area contributed by atoms with Crippen LogP contribution >= 0.6 is 0 Å². The zero-order valence-corrected chi connectivity index (χ0v) is 13.2. The molecule has 0 radical (unpaired) electrons. The fourth-order valence-electron chi connectivity index (χ4n) is 3.87. The zero-order valence-electron chi connectivity index (χ0n) is 13.2. The normalized spacial score (nSPS) is 30.3. The highest BCUT2D eigenvalue weighted by Gasteiger charge is 2.31. The molecule has 1 heterocycles. The molecule has 2 fully saturated rings. The Morgan fingerprint density at radius 1 is 1.10 bits per heavy atom. The molecule has 2 aliphatic rings. The molecule has 1 saturated carbocycles. The highest BCUT2D eigenvalue weighted by atomic mass is 16.5. The summed E-state index contributed by atoms with van der Waals surface area (Å²) in [5, 5.41) is 13.3. The summed E-state index contributed by atoms with van der Waals surface area (Å²) < 4.78 is 5.42. The average molecular weight is 283 g/mol. The lowest BCUT2D eigenvalue weighted by Gasteiger charge is -2.36. The van der Waals surface area contributed by atoms with Crippen LogP contribution in [0.1, 0.15) is 58.3 Å². The van der Waals surface area contributed by atoms with E-state index in [0.29, 0.717) is 6.61 Å². The lowest BCUT2D eigenvalue weighted by molar-refractivity contribution is -0.0158. The van der Waals surface area contributed by atoms with Crippen LogP contribution in [0.4, 0.5) is 0 Å². The third kappa shape index (κ3) is 4.71. The van der Waals surface area contributed by atoms with E-state index in [1.165, 1.54) is 38.5 Å². The van der Waals surface area contributed by atoms with Gasteiger partial charge in [0, 0.05) is 25.2 Å². The van der Waals surface area contributed by atoms with Gasteiger partial charge >= 0.3 is 0 Å². The van der Waals surface area contributed by atoms with Gasteiger partial charge in [0.25, 0.3) is 0 Å². The largest absolute Gasteiger partial charge is 0.396 e. The molecule has 3 nitrogen and oxygen atoms in total. The Hall–Kier alpha value is -0.120. The van der Waals surface area contributed by atoms with Gasteiger partial charge in [-0.2, -0.15) is 0 Å². The molecule has 20 heavy (non-hydrogen) atoms. The molecule has 0 aromatic rings. The van der Waals surface area contributed by atoms with Gasteiger partial charge in [-0.3, -0.25) is 0 Å². The number of aliphatic hydroxyl groups excluding tert-OH is 1. The number of rotatable bonds is 7. The number of nitrogens with one attached hydrogen (secondary N) is 1. The molecule has 0 aromatic heterocycles. The van der Waals surface area contributed by atoms with Crippen molar-refractivity contribution in [3.05, 3.63) is 0 Å². The maximum absolute atomic E-state index is 9.68. The molecule has 1 aliphatic heterocycles. The first-order valence-electron chi connectivity index (χ1n) is 8.67. The topological polar surface area (TPSA) is 41.5 Å². The van der Waals surface area contributed by atoms with Crippen LogP contribution in [0.25, 0.3) is 0 Å². The number of aliphatic hydroxyl groups is 1. The highest BCUT2D eigenvalue weighted by Crippen LogP contribution is 2.32. The third-order valence-electron chi connectivity index (χ3n) is 5.49. The Morgan fingerprint density at radius 3 is 2.35 bits per heavy atom. The van der Waals surface area contributed by atoms with Gasteiger partial charge in [-0.15, -0.1) is 0 Å². The second-order valence-electron chi connectivity index (χ2n) is 7.08. The van der Waals surface area contributed by atoms with Gasteiger partial charge in [0.05, 0.1) is 6.61 Å². The van der Waals surface area contributed by atoms with Gasteiger partial charge in [-0.1, -0.05) is 32.6 Å². The molecular weight excluding hydrogens is 250 g/mol. The number of hydrogen-bond acceptors (Lipinski definition) is 3. The van der Waals surface area contributed by atoms with Gasteiger partial charge in [0.1, 0.15) is 0 Å². The van der Waals surface area contributed by atoms with Crippen LogP contribution in [0.15, 0.2) is 0 Å². The molecular formula is C17H33NO2. The average Bonchev–Trinajstić information content (AvgIpc) is 2.50. The molecule has 2 rings (SSSR count). The van der Waals surface area contributed by atoms with E-state index in [1.807, 2.05) is 0 Å². The first kappa shape index (κ1) is 16.3.